The first-order chi connectivity index (χ1) is 12.6. The van der Waals surface area contributed by atoms with Crippen LogP contribution in [0.25, 0.3) is 0 Å². The van der Waals surface area contributed by atoms with Gasteiger partial charge in [-0.3, -0.25) is 9.59 Å². The number of ether oxygens (including phenoxy) is 2. The second kappa shape index (κ2) is 10.7. The number of methoxy groups -OCH3 is 1. The fourth-order valence-electron chi connectivity index (χ4n) is 2.86. The molecule has 2 rings (SSSR count). The third-order valence-electron chi connectivity index (χ3n) is 4.32. The molecule has 7 heteroatoms. The van der Waals surface area contributed by atoms with Crippen molar-refractivity contribution in [2.24, 2.45) is 0 Å². The molecule has 1 aliphatic carbocycles. The molecule has 1 aromatic carbocycles. The molecule has 26 heavy (non-hydrogen) atoms. The van der Waals surface area contributed by atoms with Crippen molar-refractivity contribution < 1.29 is 24.2 Å². The Kier molecular flexibility index (Phi) is 8.21. The largest absolute Gasteiger partial charge is 0.497 e. The summed E-state index contributed by atoms with van der Waals surface area (Å²) in [6.45, 7) is 0.128. The van der Waals surface area contributed by atoms with E-state index in [2.05, 4.69) is 10.6 Å². The quantitative estimate of drug-likeness (QED) is 0.583. The van der Waals surface area contributed by atoms with Crippen molar-refractivity contribution in [1.82, 2.24) is 10.6 Å². The van der Waals surface area contributed by atoms with Gasteiger partial charge in [0.25, 0.3) is 0 Å². The highest BCUT2D eigenvalue weighted by Gasteiger charge is 2.17. The Bertz CT molecular complexity index is 587. The lowest BCUT2D eigenvalue weighted by atomic mass is 10.2. The molecule has 2 amide bonds. The fourth-order valence-corrected chi connectivity index (χ4v) is 2.86. The van der Waals surface area contributed by atoms with Crippen molar-refractivity contribution >= 4 is 11.8 Å². The van der Waals surface area contributed by atoms with E-state index in [0.29, 0.717) is 11.5 Å². The Labute approximate surface area is 154 Å². The van der Waals surface area contributed by atoms with Crippen LogP contribution in [-0.2, 0) is 9.59 Å². The summed E-state index contributed by atoms with van der Waals surface area (Å²) in [5.74, 6) is 0.903. The van der Waals surface area contributed by atoms with Crippen LogP contribution in [0.3, 0.4) is 0 Å². The smallest absolute Gasteiger partial charge is 0.220 e. The minimum atomic E-state index is -0.836. The van der Waals surface area contributed by atoms with Crippen molar-refractivity contribution in [3.8, 4) is 11.5 Å². The Balaban J connectivity index is 1.58. The summed E-state index contributed by atoms with van der Waals surface area (Å²) < 4.78 is 10.6. The van der Waals surface area contributed by atoms with E-state index in [0.717, 1.165) is 25.7 Å². The van der Waals surface area contributed by atoms with Crippen molar-refractivity contribution in [3.63, 3.8) is 0 Å². The molecule has 1 saturated carbocycles. The maximum absolute atomic E-state index is 11.8. The van der Waals surface area contributed by atoms with Crippen LogP contribution in [0.1, 0.15) is 38.5 Å². The van der Waals surface area contributed by atoms with Crippen LogP contribution in [0.5, 0.6) is 11.5 Å². The molecule has 0 bridgehead atoms. The molecule has 7 nitrogen and oxygen atoms in total. The number of carbonyl (C=O) groups is 2. The SMILES string of the molecule is COc1cccc(OCC(O)CNC(=O)CCC(=O)NC2CCCC2)c1. The molecule has 0 heterocycles. The molecule has 1 atom stereocenters. The van der Waals surface area contributed by atoms with E-state index < -0.39 is 6.10 Å². The van der Waals surface area contributed by atoms with E-state index in [4.69, 9.17) is 9.47 Å². The zero-order valence-electron chi connectivity index (χ0n) is 15.2. The lowest BCUT2D eigenvalue weighted by Gasteiger charge is -2.14. The summed E-state index contributed by atoms with van der Waals surface area (Å²) in [4.78, 5) is 23.6. The molecular weight excluding hydrogens is 336 g/mol. The summed E-state index contributed by atoms with van der Waals surface area (Å²) in [6.07, 6.45) is 3.80. The number of carbonyl (C=O) groups excluding carboxylic acids is 2. The van der Waals surface area contributed by atoms with Crippen molar-refractivity contribution in [2.45, 2.75) is 50.7 Å². The fraction of sp³-hybridized carbons (Fsp3) is 0.579. The summed E-state index contributed by atoms with van der Waals surface area (Å²) in [6, 6.07) is 7.33. The second-order valence-corrected chi connectivity index (χ2v) is 6.50. The minimum absolute atomic E-state index is 0.0512. The van der Waals surface area contributed by atoms with E-state index in [1.165, 1.54) is 0 Å². The number of amides is 2. The van der Waals surface area contributed by atoms with Crippen LogP contribution in [0, 0.1) is 0 Å². The Morgan fingerprint density at radius 3 is 2.62 bits per heavy atom. The van der Waals surface area contributed by atoms with Gasteiger partial charge in [-0.15, -0.1) is 0 Å². The number of aliphatic hydroxyl groups excluding tert-OH is 1. The van der Waals surface area contributed by atoms with Gasteiger partial charge in [0.1, 0.15) is 24.2 Å². The maximum atomic E-state index is 11.8. The van der Waals surface area contributed by atoms with Gasteiger partial charge in [-0.1, -0.05) is 18.9 Å². The molecule has 1 unspecified atom stereocenters. The first kappa shape index (κ1) is 20.0. The van der Waals surface area contributed by atoms with E-state index >= 15 is 0 Å². The normalized spacial score (nSPS) is 15.3. The maximum Gasteiger partial charge on any atom is 0.220 e. The van der Waals surface area contributed by atoms with Crippen LogP contribution in [0.2, 0.25) is 0 Å². The molecule has 0 radical (unpaired) electrons. The Hall–Kier alpha value is -2.28. The summed E-state index contributed by atoms with van der Waals surface area (Å²) in [5.41, 5.74) is 0. The Morgan fingerprint density at radius 1 is 1.19 bits per heavy atom. The van der Waals surface area contributed by atoms with E-state index in [9.17, 15) is 14.7 Å². The molecule has 0 spiro atoms. The zero-order chi connectivity index (χ0) is 18.8. The predicted molar refractivity (Wildman–Crippen MR) is 97.1 cm³/mol. The lowest BCUT2D eigenvalue weighted by Crippen LogP contribution is -2.37. The topological polar surface area (TPSA) is 96.9 Å². The molecule has 0 aliphatic heterocycles. The molecule has 1 aliphatic rings. The van der Waals surface area contributed by atoms with Gasteiger partial charge in [-0.25, -0.2) is 0 Å². The first-order valence-corrected chi connectivity index (χ1v) is 9.08. The van der Waals surface area contributed by atoms with Gasteiger partial charge in [-0.2, -0.15) is 0 Å². The predicted octanol–water partition coefficient (Wildman–Crippen LogP) is 1.39. The second-order valence-electron chi connectivity index (χ2n) is 6.50. The van der Waals surface area contributed by atoms with Gasteiger partial charge < -0.3 is 25.2 Å². The van der Waals surface area contributed by atoms with Crippen LogP contribution in [-0.4, -0.2) is 49.3 Å². The molecule has 1 aromatic rings. The summed E-state index contributed by atoms with van der Waals surface area (Å²) >= 11 is 0. The first-order valence-electron chi connectivity index (χ1n) is 9.08. The minimum Gasteiger partial charge on any atom is -0.497 e. The van der Waals surface area contributed by atoms with Gasteiger partial charge >= 0.3 is 0 Å². The molecule has 0 saturated heterocycles. The molecule has 1 fully saturated rings. The molecular formula is C19H28N2O5. The van der Waals surface area contributed by atoms with Gasteiger partial charge in [0.2, 0.25) is 11.8 Å². The van der Waals surface area contributed by atoms with Crippen LogP contribution >= 0.6 is 0 Å². The molecule has 0 aromatic heterocycles. The molecule has 3 N–H and O–H groups in total. The van der Waals surface area contributed by atoms with Crippen LogP contribution in [0.15, 0.2) is 24.3 Å². The monoisotopic (exact) mass is 364 g/mol. The van der Waals surface area contributed by atoms with Crippen molar-refractivity contribution in [3.05, 3.63) is 24.3 Å². The van der Waals surface area contributed by atoms with E-state index in [-0.39, 0.29) is 43.8 Å². The van der Waals surface area contributed by atoms with Crippen molar-refractivity contribution in [1.29, 1.82) is 0 Å². The standard InChI is InChI=1S/C19H28N2O5/c1-25-16-7-4-8-17(11-16)26-13-15(22)12-20-18(23)9-10-19(24)21-14-5-2-3-6-14/h4,7-8,11,14-15,22H,2-3,5-6,9-10,12-13H2,1H3,(H,20,23)(H,21,24). The lowest BCUT2D eigenvalue weighted by molar-refractivity contribution is -0.127. The highest BCUT2D eigenvalue weighted by atomic mass is 16.5. The highest BCUT2D eigenvalue weighted by Crippen LogP contribution is 2.19. The number of benzene rings is 1. The number of hydrogen-bond acceptors (Lipinski definition) is 5. The highest BCUT2D eigenvalue weighted by molar-refractivity contribution is 5.83. The summed E-state index contributed by atoms with van der Waals surface area (Å²) in [7, 11) is 1.57. The van der Waals surface area contributed by atoms with Gasteiger partial charge in [0.15, 0.2) is 0 Å². The van der Waals surface area contributed by atoms with E-state index in [1.54, 1.807) is 31.4 Å². The summed E-state index contributed by atoms with van der Waals surface area (Å²) in [5, 5.41) is 15.5. The third-order valence-corrected chi connectivity index (χ3v) is 4.32. The van der Waals surface area contributed by atoms with Crippen molar-refractivity contribution in [2.75, 3.05) is 20.3 Å². The molecule has 144 valence electrons. The van der Waals surface area contributed by atoms with Gasteiger partial charge in [0, 0.05) is 31.5 Å². The van der Waals surface area contributed by atoms with E-state index in [1.807, 2.05) is 0 Å². The number of rotatable bonds is 10. The number of hydrogen-bond donors (Lipinski definition) is 3. The number of aliphatic hydroxyl groups is 1. The van der Waals surface area contributed by atoms with Crippen LogP contribution in [0.4, 0.5) is 0 Å². The third kappa shape index (κ3) is 7.31. The average molecular weight is 364 g/mol. The Morgan fingerprint density at radius 2 is 1.88 bits per heavy atom. The number of nitrogens with one attached hydrogen (secondary N) is 2. The zero-order valence-corrected chi connectivity index (χ0v) is 15.2. The average Bonchev–Trinajstić information content (AvgIpc) is 3.16. The van der Waals surface area contributed by atoms with Gasteiger partial charge in [0.05, 0.1) is 7.11 Å². The van der Waals surface area contributed by atoms with Gasteiger partial charge in [-0.05, 0) is 25.0 Å². The van der Waals surface area contributed by atoms with Crippen LogP contribution < -0.4 is 20.1 Å².